The molecule has 1 aromatic carbocycles. The van der Waals surface area contributed by atoms with Crippen molar-refractivity contribution in [3.05, 3.63) is 29.7 Å². The van der Waals surface area contributed by atoms with Crippen LogP contribution in [0.4, 0.5) is 10.1 Å². The molecule has 1 aliphatic heterocycles. The van der Waals surface area contributed by atoms with E-state index in [0.29, 0.717) is 22.7 Å². The Balaban J connectivity index is 1.89. The molecule has 1 amide bonds. The first-order chi connectivity index (χ1) is 13.3. The summed E-state index contributed by atoms with van der Waals surface area (Å²) in [7, 11) is 0. The number of anilines is 1. The number of carbonyl (C=O) groups excluding carboxylic acids is 2. The summed E-state index contributed by atoms with van der Waals surface area (Å²) < 4.78 is 18.9. The van der Waals surface area contributed by atoms with E-state index >= 15 is 0 Å². The molecule has 0 unspecified atom stereocenters. The molecule has 0 bridgehead atoms. The minimum Gasteiger partial charge on any atom is -0.461 e. The molecule has 0 radical (unpaired) electrons. The number of esters is 1. The maximum atomic E-state index is 13.8. The second-order valence-corrected chi connectivity index (χ2v) is 7.85. The molecule has 1 aliphatic rings. The van der Waals surface area contributed by atoms with Crippen LogP contribution in [0, 0.1) is 17.7 Å². The monoisotopic (exact) mass is 389 g/mol. The highest BCUT2D eigenvalue weighted by molar-refractivity contribution is 6.11. The number of benzene rings is 1. The Morgan fingerprint density at radius 2 is 2.00 bits per heavy atom. The number of nitrogens with one attached hydrogen (secondary N) is 2. The van der Waals surface area contributed by atoms with Crippen LogP contribution in [0.3, 0.4) is 0 Å². The van der Waals surface area contributed by atoms with Crippen molar-refractivity contribution in [1.29, 1.82) is 0 Å². The van der Waals surface area contributed by atoms with Crippen molar-refractivity contribution in [2.75, 3.05) is 25.0 Å². The number of fused-ring (bicyclic) bond motifs is 1. The predicted octanol–water partition coefficient (Wildman–Crippen LogP) is 3.79. The van der Waals surface area contributed by atoms with Crippen LogP contribution in [0.15, 0.2) is 18.2 Å². The van der Waals surface area contributed by atoms with E-state index in [9.17, 15) is 14.0 Å². The third kappa shape index (κ3) is 4.19. The first kappa shape index (κ1) is 20.3. The standard InChI is InChI=1S/C21H28FN3O3/c1-5-28-21(27)19-18(16-9-15(22)6-7-17(16)23-19)24-20(26)14(4)25-10-12(2)8-13(3)11-25/h6-7,9,12-14,23H,5,8,10-11H2,1-4H3,(H,24,26)/t12-,13-,14-/m0/s1. The van der Waals surface area contributed by atoms with E-state index < -0.39 is 11.8 Å². The van der Waals surface area contributed by atoms with Gasteiger partial charge in [0, 0.05) is 24.0 Å². The van der Waals surface area contributed by atoms with Crippen LogP contribution in [0.2, 0.25) is 0 Å². The van der Waals surface area contributed by atoms with Crippen molar-refractivity contribution in [3.8, 4) is 0 Å². The van der Waals surface area contributed by atoms with Crippen molar-refractivity contribution in [2.24, 2.45) is 11.8 Å². The van der Waals surface area contributed by atoms with Crippen molar-refractivity contribution < 1.29 is 18.7 Å². The van der Waals surface area contributed by atoms with E-state index in [-0.39, 0.29) is 29.9 Å². The highest BCUT2D eigenvalue weighted by atomic mass is 19.1. The lowest BCUT2D eigenvalue weighted by molar-refractivity contribution is -0.121. The lowest BCUT2D eigenvalue weighted by atomic mass is 9.91. The Labute approximate surface area is 164 Å². The van der Waals surface area contributed by atoms with Crippen molar-refractivity contribution in [2.45, 2.75) is 40.2 Å². The summed E-state index contributed by atoms with van der Waals surface area (Å²) in [6, 6.07) is 3.79. The average molecular weight is 389 g/mol. The third-order valence-corrected chi connectivity index (χ3v) is 5.31. The van der Waals surface area contributed by atoms with Crippen LogP contribution in [0.5, 0.6) is 0 Å². The molecule has 1 saturated heterocycles. The van der Waals surface area contributed by atoms with Gasteiger partial charge < -0.3 is 15.0 Å². The molecule has 0 saturated carbocycles. The highest BCUT2D eigenvalue weighted by Crippen LogP contribution is 2.30. The molecule has 7 heteroatoms. The Morgan fingerprint density at radius 3 is 2.64 bits per heavy atom. The second kappa shape index (κ2) is 8.31. The zero-order valence-electron chi connectivity index (χ0n) is 16.8. The summed E-state index contributed by atoms with van der Waals surface area (Å²) in [5, 5.41) is 3.30. The molecule has 2 heterocycles. The molecule has 6 nitrogen and oxygen atoms in total. The van der Waals surface area contributed by atoms with E-state index in [1.54, 1.807) is 13.0 Å². The zero-order valence-corrected chi connectivity index (χ0v) is 16.8. The molecule has 1 aromatic heterocycles. The number of halogens is 1. The second-order valence-electron chi connectivity index (χ2n) is 7.85. The quantitative estimate of drug-likeness (QED) is 0.763. The van der Waals surface area contributed by atoms with Gasteiger partial charge in [0.15, 0.2) is 0 Å². The minimum atomic E-state index is -0.581. The number of aromatic nitrogens is 1. The Morgan fingerprint density at radius 1 is 1.32 bits per heavy atom. The molecule has 1 fully saturated rings. The smallest absolute Gasteiger partial charge is 0.356 e. The van der Waals surface area contributed by atoms with E-state index in [4.69, 9.17) is 4.74 Å². The topological polar surface area (TPSA) is 74.4 Å². The molecule has 0 aliphatic carbocycles. The van der Waals surface area contributed by atoms with Gasteiger partial charge in [-0.25, -0.2) is 9.18 Å². The minimum absolute atomic E-state index is 0.128. The van der Waals surface area contributed by atoms with E-state index in [1.165, 1.54) is 12.1 Å². The van der Waals surface area contributed by atoms with Gasteiger partial charge in [-0.05, 0) is 50.3 Å². The summed E-state index contributed by atoms with van der Waals surface area (Å²) in [5.74, 6) is -0.198. The van der Waals surface area contributed by atoms with Gasteiger partial charge >= 0.3 is 5.97 Å². The van der Waals surface area contributed by atoms with Crippen molar-refractivity contribution in [1.82, 2.24) is 9.88 Å². The van der Waals surface area contributed by atoms with Crippen LogP contribution in [-0.4, -0.2) is 47.5 Å². The van der Waals surface area contributed by atoms with Crippen molar-refractivity contribution in [3.63, 3.8) is 0 Å². The van der Waals surface area contributed by atoms with Crippen LogP contribution >= 0.6 is 0 Å². The first-order valence-electron chi connectivity index (χ1n) is 9.83. The number of rotatable bonds is 5. The molecule has 2 N–H and O–H groups in total. The molecule has 3 atom stereocenters. The number of nitrogens with zero attached hydrogens (tertiary/aromatic N) is 1. The number of piperidine rings is 1. The van der Waals surface area contributed by atoms with Gasteiger partial charge in [-0.15, -0.1) is 0 Å². The Bertz CT molecular complexity index is 869. The number of ether oxygens (including phenoxy) is 1. The number of hydrogen-bond donors (Lipinski definition) is 2. The first-order valence-corrected chi connectivity index (χ1v) is 9.83. The average Bonchev–Trinajstić information content (AvgIpc) is 2.98. The fraction of sp³-hybridized carbons (Fsp3) is 0.524. The summed E-state index contributed by atoms with van der Waals surface area (Å²) in [6.45, 7) is 9.86. The number of hydrogen-bond acceptors (Lipinski definition) is 4. The van der Waals surface area contributed by atoms with Crippen molar-refractivity contribution >= 4 is 28.5 Å². The van der Waals surface area contributed by atoms with E-state index in [1.807, 2.05) is 6.92 Å². The molecule has 3 rings (SSSR count). The van der Waals surface area contributed by atoms with Crippen LogP contribution < -0.4 is 5.32 Å². The summed E-state index contributed by atoms with van der Waals surface area (Å²) >= 11 is 0. The van der Waals surface area contributed by atoms with Crippen LogP contribution in [-0.2, 0) is 9.53 Å². The Kier molecular flexibility index (Phi) is 6.03. The maximum Gasteiger partial charge on any atom is 0.356 e. The zero-order chi connectivity index (χ0) is 20.4. The van der Waals surface area contributed by atoms with Crippen LogP contribution in [0.1, 0.15) is 44.6 Å². The van der Waals surface area contributed by atoms with Gasteiger partial charge in [0.05, 0.1) is 18.3 Å². The van der Waals surface area contributed by atoms with E-state index in [2.05, 4.69) is 29.0 Å². The predicted molar refractivity (Wildman–Crippen MR) is 107 cm³/mol. The summed E-state index contributed by atoms with van der Waals surface area (Å²) in [6.07, 6.45) is 1.15. The number of aromatic amines is 1. The van der Waals surface area contributed by atoms with Crippen LogP contribution in [0.25, 0.3) is 10.9 Å². The fourth-order valence-corrected chi connectivity index (χ4v) is 4.07. The number of carbonyl (C=O) groups is 2. The molecule has 28 heavy (non-hydrogen) atoms. The SMILES string of the molecule is CCOC(=O)c1[nH]c2ccc(F)cc2c1NC(=O)[C@H](C)N1C[C@@H](C)C[C@H](C)C1. The molecule has 0 spiro atoms. The van der Waals surface area contributed by atoms with Gasteiger partial charge in [-0.1, -0.05) is 13.8 Å². The summed E-state index contributed by atoms with van der Waals surface area (Å²) in [5.41, 5.74) is 0.957. The normalized spacial score (nSPS) is 21.5. The van der Waals surface area contributed by atoms with Gasteiger partial charge in [-0.2, -0.15) is 0 Å². The Hall–Kier alpha value is -2.41. The maximum absolute atomic E-state index is 13.8. The lowest BCUT2D eigenvalue weighted by Gasteiger charge is -2.38. The molecular formula is C21H28FN3O3. The van der Waals surface area contributed by atoms with Gasteiger partial charge in [0.25, 0.3) is 0 Å². The molecule has 2 aromatic rings. The number of likely N-dealkylation sites (tertiary alicyclic amines) is 1. The summed E-state index contributed by atoms with van der Waals surface area (Å²) in [4.78, 5) is 30.4. The molecule has 152 valence electrons. The van der Waals surface area contributed by atoms with Gasteiger partial charge in [0.1, 0.15) is 11.5 Å². The number of amides is 1. The van der Waals surface area contributed by atoms with Gasteiger partial charge in [0.2, 0.25) is 5.91 Å². The molecular weight excluding hydrogens is 361 g/mol. The van der Waals surface area contributed by atoms with Gasteiger partial charge in [-0.3, -0.25) is 9.69 Å². The third-order valence-electron chi connectivity index (χ3n) is 5.31. The number of H-pyrrole nitrogens is 1. The van der Waals surface area contributed by atoms with E-state index in [0.717, 1.165) is 19.5 Å². The lowest BCUT2D eigenvalue weighted by Crippen LogP contribution is -2.48. The highest BCUT2D eigenvalue weighted by Gasteiger charge is 2.30. The largest absolute Gasteiger partial charge is 0.461 e. The fourth-order valence-electron chi connectivity index (χ4n) is 4.07.